The number of rotatable bonds is 3. The number of carbonyl (C=O) groups is 1. The van der Waals surface area contributed by atoms with Crippen LogP contribution in [0.25, 0.3) is 0 Å². The van der Waals surface area contributed by atoms with Crippen molar-refractivity contribution in [1.29, 1.82) is 0 Å². The summed E-state index contributed by atoms with van der Waals surface area (Å²) in [5.74, 6) is -1.54. The number of esters is 1. The van der Waals surface area contributed by atoms with Crippen molar-refractivity contribution < 1.29 is 33.2 Å². The highest BCUT2D eigenvalue weighted by Gasteiger charge is 2.64. The van der Waals surface area contributed by atoms with E-state index in [1.807, 2.05) is 18.2 Å². The molecule has 5 atom stereocenters. The number of carbonyl (C=O) groups excluding carboxylic acids is 1. The van der Waals surface area contributed by atoms with Crippen molar-refractivity contribution in [3.63, 3.8) is 0 Å². The predicted octanol–water partition coefficient (Wildman–Crippen LogP) is 4.09. The van der Waals surface area contributed by atoms with E-state index in [-0.39, 0.29) is 30.9 Å². The minimum Gasteiger partial charge on any atom is -0.459 e. The van der Waals surface area contributed by atoms with Crippen LogP contribution in [0.2, 0.25) is 0 Å². The smallest absolute Gasteiger partial charge is 0.338 e. The molecule has 2 aliphatic carbocycles. The number of hydrogen-bond donors (Lipinski definition) is 0. The van der Waals surface area contributed by atoms with Gasteiger partial charge in [-0.15, -0.1) is 0 Å². The van der Waals surface area contributed by atoms with Crippen LogP contribution in [-0.4, -0.2) is 54.9 Å². The molecule has 5 aliphatic rings. The lowest BCUT2D eigenvalue weighted by Crippen LogP contribution is -2.56. The largest absolute Gasteiger partial charge is 0.459 e. The number of benzene rings is 1. The molecule has 6 rings (SSSR count). The van der Waals surface area contributed by atoms with Gasteiger partial charge >= 0.3 is 5.97 Å². The molecule has 32 heavy (non-hydrogen) atoms. The molecule has 3 saturated heterocycles. The molecule has 1 aromatic carbocycles. The Morgan fingerprint density at radius 1 is 0.781 bits per heavy atom. The zero-order chi connectivity index (χ0) is 21.6. The van der Waals surface area contributed by atoms with Gasteiger partial charge in [-0.05, 0) is 37.8 Å². The van der Waals surface area contributed by atoms with E-state index in [2.05, 4.69) is 0 Å². The Morgan fingerprint density at radius 3 is 2.06 bits per heavy atom. The van der Waals surface area contributed by atoms with Gasteiger partial charge in [0.15, 0.2) is 17.9 Å². The predicted molar refractivity (Wildman–Crippen MR) is 113 cm³/mol. The van der Waals surface area contributed by atoms with E-state index in [1.165, 1.54) is 12.8 Å². The van der Waals surface area contributed by atoms with Crippen molar-refractivity contribution in [2.24, 2.45) is 0 Å². The quantitative estimate of drug-likeness (QED) is 0.650. The molecule has 5 fully saturated rings. The third-order valence-electron chi connectivity index (χ3n) is 7.59. The molecular weight excluding hydrogens is 412 g/mol. The first kappa shape index (κ1) is 21.1. The Balaban J connectivity index is 1.21. The fourth-order valence-electron chi connectivity index (χ4n) is 5.99. The van der Waals surface area contributed by atoms with Gasteiger partial charge in [-0.3, -0.25) is 0 Å². The highest BCUT2D eigenvalue weighted by atomic mass is 16.9. The van der Waals surface area contributed by atoms with E-state index in [9.17, 15) is 4.79 Å². The third kappa shape index (κ3) is 3.78. The van der Waals surface area contributed by atoms with Gasteiger partial charge in [0.1, 0.15) is 31.0 Å². The van der Waals surface area contributed by atoms with E-state index in [1.54, 1.807) is 12.1 Å². The summed E-state index contributed by atoms with van der Waals surface area (Å²) in [6, 6.07) is 9.01. The van der Waals surface area contributed by atoms with E-state index < -0.39 is 24.0 Å². The third-order valence-corrected chi connectivity index (χ3v) is 7.59. The second kappa shape index (κ2) is 8.37. The maximum atomic E-state index is 12.5. The number of fused-ring (bicyclic) bond motifs is 3. The molecule has 3 heterocycles. The normalized spacial score (nSPS) is 37.2. The monoisotopic (exact) mass is 444 g/mol. The lowest BCUT2D eigenvalue weighted by Gasteiger charge is -2.36. The average molecular weight is 445 g/mol. The molecule has 1 aromatic rings. The summed E-state index contributed by atoms with van der Waals surface area (Å²) < 4.78 is 38.1. The minimum absolute atomic E-state index is 0.0912. The molecule has 7 nitrogen and oxygen atoms in total. The Labute approximate surface area is 188 Å². The fraction of sp³-hybridized carbons (Fsp3) is 0.720. The summed E-state index contributed by atoms with van der Waals surface area (Å²) in [4.78, 5) is 12.5. The van der Waals surface area contributed by atoms with Crippen LogP contribution < -0.4 is 0 Å². The molecule has 0 bridgehead atoms. The van der Waals surface area contributed by atoms with Crippen LogP contribution in [0.15, 0.2) is 30.3 Å². The molecule has 0 unspecified atom stereocenters. The zero-order valence-electron chi connectivity index (χ0n) is 18.4. The van der Waals surface area contributed by atoms with Crippen LogP contribution in [0.3, 0.4) is 0 Å². The molecule has 0 amide bonds. The highest BCUT2D eigenvalue weighted by Crippen LogP contribution is 2.50. The van der Waals surface area contributed by atoms with Gasteiger partial charge < -0.3 is 28.4 Å². The standard InChI is InChI=1S/C25H32O7/c26-22(17-10-4-1-5-11-17)27-16-18-19-20(30-24(29-19)12-6-2-7-13-24)21-23(28-18)32-25(31-21)14-8-3-9-15-25/h1,4-5,10-11,18-21,23H,2-3,6-9,12-16H2/t18-,19+,20+,21+,23+/m0/s1. The van der Waals surface area contributed by atoms with Gasteiger partial charge in [0.05, 0.1) is 5.56 Å². The van der Waals surface area contributed by atoms with Gasteiger partial charge in [0.2, 0.25) is 0 Å². The van der Waals surface area contributed by atoms with Gasteiger partial charge in [-0.25, -0.2) is 4.79 Å². The maximum Gasteiger partial charge on any atom is 0.338 e. The van der Waals surface area contributed by atoms with Crippen molar-refractivity contribution in [3.05, 3.63) is 35.9 Å². The van der Waals surface area contributed by atoms with E-state index in [0.717, 1.165) is 51.4 Å². The second-order valence-corrected chi connectivity index (χ2v) is 9.82. The SMILES string of the molecule is O=C(OC[C@@H]1O[C@@H]2OC3(CCCCC3)O[C@@H]2[C@@H]2OC3(CCCCC3)O[C@@H]21)c1ccccc1. The van der Waals surface area contributed by atoms with Crippen LogP contribution in [0.4, 0.5) is 0 Å². The second-order valence-electron chi connectivity index (χ2n) is 9.82. The molecule has 7 heteroatoms. The van der Waals surface area contributed by atoms with Crippen LogP contribution >= 0.6 is 0 Å². The molecule has 2 saturated carbocycles. The molecule has 0 N–H and O–H groups in total. The van der Waals surface area contributed by atoms with Crippen LogP contribution in [-0.2, 0) is 28.4 Å². The van der Waals surface area contributed by atoms with Gasteiger partial charge in [0.25, 0.3) is 0 Å². The van der Waals surface area contributed by atoms with E-state index in [4.69, 9.17) is 28.4 Å². The topological polar surface area (TPSA) is 72.5 Å². The van der Waals surface area contributed by atoms with Crippen molar-refractivity contribution in [2.45, 2.75) is 106 Å². The summed E-state index contributed by atoms with van der Waals surface area (Å²) in [7, 11) is 0. The molecule has 3 aliphatic heterocycles. The van der Waals surface area contributed by atoms with Crippen molar-refractivity contribution in [1.82, 2.24) is 0 Å². The number of ether oxygens (including phenoxy) is 6. The summed E-state index contributed by atoms with van der Waals surface area (Å²) >= 11 is 0. The Kier molecular flexibility index (Phi) is 5.50. The fourth-order valence-corrected chi connectivity index (χ4v) is 5.99. The summed E-state index contributed by atoms with van der Waals surface area (Å²) in [5, 5.41) is 0. The molecular formula is C25H32O7. The summed E-state index contributed by atoms with van der Waals surface area (Å²) in [6.07, 6.45) is 8.32. The molecule has 2 spiro atoms. The maximum absolute atomic E-state index is 12.5. The van der Waals surface area contributed by atoms with Crippen LogP contribution in [0, 0.1) is 0 Å². The Bertz CT molecular complexity index is 815. The van der Waals surface area contributed by atoms with E-state index in [0.29, 0.717) is 5.56 Å². The lowest BCUT2D eigenvalue weighted by molar-refractivity contribution is -0.254. The highest BCUT2D eigenvalue weighted by molar-refractivity contribution is 5.89. The molecule has 0 aromatic heterocycles. The Morgan fingerprint density at radius 2 is 1.38 bits per heavy atom. The first-order valence-corrected chi connectivity index (χ1v) is 12.2. The first-order chi connectivity index (χ1) is 15.7. The van der Waals surface area contributed by atoms with Crippen LogP contribution in [0.1, 0.15) is 74.6 Å². The van der Waals surface area contributed by atoms with Gasteiger partial charge in [-0.2, -0.15) is 0 Å². The Hall–Kier alpha value is -1.51. The van der Waals surface area contributed by atoms with Crippen molar-refractivity contribution in [3.8, 4) is 0 Å². The van der Waals surface area contributed by atoms with Crippen LogP contribution in [0.5, 0.6) is 0 Å². The number of hydrogen-bond acceptors (Lipinski definition) is 7. The molecule has 0 radical (unpaired) electrons. The molecule has 174 valence electrons. The van der Waals surface area contributed by atoms with Gasteiger partial charge in [-0.1, -0.05) is 31.0 Å². The zero-order valence-corrected chi connectivity index (χ0v) is 18.4. The first-order valence-electron chi connectivity index (χ1n) is 12.2. The average Bonchev–Trinajstić information content (AvgIpc) is 3.37. The lowest BCUT2D eigenvalue weighted by atomic mass is 9.94. The van der Waals surface area contributed by atoms with Crippen molar-refractivity contribution in [2.75, 3.05) is 6.61 Å². The summed E-state index contributed by atoms with van der Waals surface area (Å²) in [5.41, 5.74) is 0.520. The van der Waals surface area contributed by atoms with E-state index >= 15 is 0 Å². The van der Waals surface area contributed by atoms with Crippen molar-refractivity contribution >= 4 is 5.97 Å². The summed E-state index contributed by atoms with van der Waals surface area (Å²) in [6.45, 7) is 0.0912. The minimum atomic E-state index is -0.584. The van der Waals surface area contributed by atoms with Gasteiger partial charge in [0, 0.05) is 25.7 Å².